The minimum Gasteiger partial charge on any atom is -0.349 e. The molecule has 2 aliphatic carbocycles. The summed E-state index contributed by atoms with van der Waals surface area (Å²) in [6.45, 7) is 4.61. The minimum atomic E-state index is 0.555. The summed E-state index contributed by atoms with van der Waals surface area (Å²) in [5.74, 6) is 0.880. The third-order valence-corrected chi connectivity index (χ3v) is 3.99. The van der Waals surface area contributed by atoms with Crippen LogP contribution in [0.2, 0.25) is 0 Å². The standard InChI is InChI=1S/C16H19N3/c1-2-9-19(14-7-8-14)16-13(11-17)10-12-5-3-4-6-15(12)18-16/h2,10,14H,1,3-9H2. The van der Waals surface area contributed by atoms with Crippen LogP contribution in [0.5, 0.6) is 0 Å². The van der Waals surface area contributed by atoms with Gasteiger partial charge < -0.3 is 4.90 Å². The molecule has 3 heteroatoms. The first kappa shape index (κ1) is 12.2. The van der Waals surface area contributed by atoms with Crippen molar-refractivity contribution in [2.24, 2.45) is 0 Å². The van der Waals surface area contributed by atoms with Gasteiger partial charge in [-0.25, -0.2) is 4.98 Å². The smallest absolute Gasteiger partial charge is 0.147 e. The maximum atomic E-state index is 9.40. The second-order valence-electron chi connectivity index (χ2n) is 5.46. The van der Waals surface area contributed by atoms with Gasteiger partial charge in [0.25, 0.3) is 0 Å². The van der Waals surface area contributed by atoms with E-state index < -0.39 is 0 Å². The normalized spacial score (nSPS) is 17.4. The van der Waals surface area contributed by atoms with Gasteiger partial charge in [0, 0.05) is 18.3 Å². The fourth-order valence-corrected chi connectivity index (χ4v) is 2.86. The van der Waals surface area contributed by atoms with Crippen LogP contribution in [0.3, 0.4) is 0 Å². The van der Waals surface area contributed by atoms with E-state index in [1.165, 1.54) is 36.9 Å². The average Bonchev–Trinajstić information content (AvgIpc) is 3.28. The van der Waals surface area contributed by atoms with Crippen LogP contribution in [0.15, 0.2) is 18.7 Å². The first-order valence-corrected chi connectivity index (χ1v) is 7.14. The van der Waals surface area contributed by atoms with Crippen LogP contribution in [-0.2, 0) is 12.8 Å². The molecule has 1 saturated carbocycles. The van der Waals surface area contributed by atoms with Gasteiger partial charge in [0.15, 0.2) is 0 Å². The largest absolute Gasteiger partial charge is 0.349 e. The number of hydrogen-bond acceptors (Lipinski definition) is 3. The zero-order valence-corrected chi connectivity index (χ0v) is 11.2. The molecular weight excluding hydrogens is 234 g/mol. The minimum absolute atomic E-state index is 0.555. The lowest BCUT2D eigenvalue weighted by Gasteiger charge is -2.25. The summed E-state index contributed by atoms with van der Waals surface area (Å²) < 4.78 is 0. The Morgan fingerprint density at radius 2 is 2.21 bits per heavy atom. The van der Waals surface area contributed by atoms with E-state index in [9.17, 15) is 5.26 Å². The molecule has 19 heavy (non-hydrogen) atoms. The van der Waals surface area contributed by atoms with Crippen LogP contribution in [-0.4, -0.2) is 17.6 Å². The number of anilines is 1. The molecule has 98 valence electrons. The summed E-state index contributed by atoms with van der Waals surface area (Å²) in [7, 11) is 0. The lowest BCUT2D eigenvalue weighted by atomic mass is 9.95. The SMILES string of the molecule is C=CCN(c1nc2c(cc1C#N)CCCC2)C1CC1. The number of fused-ring (bicyclic) bond motifs is 1. The van der Waals surface area contributed by atoms with Crippen molar-refractivity contribution in [3.8, 4) is 6.07 Å². The zero-order valence-electron chi connectivity index (χ0n) is 11.2. The van der Waals surface area contributed by atoms with Gasteiger partial charge in [-0.3, -0.25) is 0 Å². The van der Waals surface area contributed by atoms with E-state index in [-0.39, 0.29) is 0 Å². The molecule has 0 radical (unpaired) electrons. The third-order valence-electron chi connectivity index (χ3n) is 3.99. The summed E-state index contributed by atoms with van der Waals surface area (Å²) in [5, 5.41) is 9.40. The molecule has 0 amide bonds. The van der Waals surface area contributed by atoms with Gasteiger partial charge in [0.2, 0.25) is 0 Å². The molecule has 0 aliphatic heterocycles. The van der Waals surface area contributed by atoms with E-state index in [4.69, 9.17) is 4.98 Å². The highest BCUT2D eigenvalue weighted by atomic mass is 15.2. The fourth-order valence-electron chi connectivity index (χ4n) is 2.86. The van der Waals surface area contributed by atoms with Gasteiger partial charge in [-0.05, 0) is 50.2 Å². The number of hydrogen-bond donors (Lipinski definition) is 0. The lowest BCUT2D eigenvalue weighted by molar-refractivity contribution is 0.664. The number of nitriles is 1. The molecule has 0 N–H and O–H groups in total. The van der Waals surface area contributed by atoms with E-state index in [0.29, 0.717) is 6.04 Å². The highest BCUT2D eigenvalue weighted by molar-refractivity contribution is 5.58. The van der Waals surface area contributed by atoms with E-state index >= 15 is 0 Å². The molecule has 3 nitrogen and oxygen atoms in total. The molecule has 2 aliphatic rings. The number of nitrogens with zero attached hydrogens (tertiary/aromatic N) is 3. The van der Waals surface area contributed by atoms with Crippen LogP contribution in [0.25, 0.3) is 0 Å². The molecule has 1 fully saturated rings. The summed E-state index contributed by atoms with van der Waals surface area (Å²) in [6, 6.07) is 4.95. The molecule has 1 aromatic rings. The first-order chi connectivity index (χ1) is 9.33. The third kappa shape index (κ3) is 2.35. The number of rotatable bonds is 4. The van der Waals surface area contributed by atoms with E-state index in [0.717, 1.165) is 30.8 Å². The summed E-state index contributed by atoms with van der Waals surface area (Å²) in [6.07, 6.45) is 8.88. The fraction of sp³-hybridized carbons (Fsp3) is 0.500. The van der Waals surface area contributed by atoms with Gasteiger partial charge in [-0.1, -0.05) is 6.08 Å². The van der Waals surface area contributed by atoms with Crippen molar-refractivity contribution in [3.05, 3.63) is 35.5 Å². The Morgan fingerprint density at radius 1 is 1.42 bits per heavy atom. The van der Waals surface area contributed by atoms with Crippen LogP contribution in [0.4, 0.5) is 5.82 Å². The van der Waals surface area contributed by atoms with Crippen LogP contribution in [0.1, 0.15) is 42.5 Å². The molecular formula is C16H19N3. The summed E-state index contributed by atoms with van der Waals surface area (Å²) in [4.78, 5) is 7.07. The Morgan fingerprint density at radius 3 is 2.89 bits per heavy atom. The van der Waals surface area contributed by atoms with Gasteiger partial charge >= 0.3 is 0 Å². The van der Waals surface area contributed by atoms with Crippen molar-refractivity contribution < 1.29 is 0 Å². The molecule has 3 rings (SSSR count). The first-order valence-electron chi connectivity index (χ1n) is 7.14. The summed E-state index contributed by atoms with van der Waals surface area (Å²) in [5.41, 5.74) is 3.21. The van der Waals surface area contributed by atoms with Crippen molar-refractivity contribution >= 4 is 5.82 Å². The Balaban J connectivity index is 2.03. The number of aromatic nitrogens is 1. The molecule has 1 aromatic heterocycles. The topological polar surface area (TPSA) is 39.9 Å². The van der Waals surface area contributed by atoms with Crippen molar-refractivity contribution in [1.82, 2.24) is 4.98 Å². The van der Waals surface area contributed by atoms with Gasteiger partial charge in [-0.2, -0.15) is 5.26 Å². The van der Waals surface area contributed by atoms with Gasteiger partial charge in [0.1, 0.15) is 11.9 Å². The molecule has 0 spiro atoms. The maximum absolute atomic E-state index is 9.40. The van der Waals surface area contributed by atoms with Crippen LogP contribution >= 0.6 is 0 Å². The zero-order chi connectivity index (χ0) is 13.2. The monoisotopic (exact) mass is 253 g/mol. The number of pyridine rings is 1. The van der Waals surface area contributed by atoms with E-state index in [2.05, 4.69) is 23.6 Å². The van der Waals surface area contributed by atoms with Crippen molar-refractivity contribution in [3.63, 3.8) is 0 Å². The molecule has 0 bridgehead atoms. The Bertz CT molecular complexity index is 538. The van der Waals surface area contributed by atoms with Gasteiger partial charge in [-0.15, -0.1) is 6.58 Å². The second-order valence-corrected chi connectivity index (χ2v) is 5.46. The Labute approximate surface area is 114 Å². The summed E-state index contributed by atoms with van der Waals surface area (Å²) >= 11 is 0. The molecule has 1 heterocycles. The average molecular weight is 253 g/mol. The molecule has 0 aromatic carbocycles. The second kappa shape index (κ2) is 5.05. The number of aryl methyl sites for hydroxylation is 2. The van der Waals surface area contributed by atoms with Crippen LogP contribution < -0.4 is 4.90 Å². The van der Waals surface area contributed by atoms with Crippen LogP contribution in [0, 0.1) is 11.3 Å². The van der Waals surface area contributed by atoms with E-state index in [1.54, 1.807) is 0 Å². The maximum Gasteiger partial charge on any atom is 0.147 e. The lowest BCUT2D eigenvalue weighted by Crippen LogP contribution is -2.28. The predicted octanol–water partition coefficient (Wildman–Crippen LogP) is 2.99. The Hall–Kier alpha value is -1.82. The van der Waals surface area contributed by atoms with Crippen molar-refractivity contribution in [1.29, 1.82) is 5.26 Å². The van der Waals surface area contributed by atoms with Gasteiger partial charge in [0.05, 0.1) is 5.56 Å². The van der Waals surface area contributed by atoms with Crippen molar-refractivity contribution in [2.75, 3.05) is 11.4 Å². The van der Waals surface area contributed by atoms with Crippen molar-refractivity contribution in [2.45, 2.75) is 44.6 Å². The predicted molar refractivity (Wildman–Crippen MR) is 76.2 cm³/mol. The molecule has 0 atom stereocenters. The quantitative estimate of drug-likeness (QED) is 0.774. The molecule has 0 unspecified atom stereocenters. The molecule has 0 saturated heterocycles. The highest BCUT2D eigenvalue weighted by Crippen LogP contribution is 2.34. The Kier molecular flexibility index (Phi) is 3.25. The van der Waals surface area contributed by atoms with E-state index in [1.807, 2.05) is 6.08 Å². The highest BCUT2D eigenvalue weighted by Gasteiger charge is 2.31.